The van der Waals surface area contributed by atoms with Crippen LogP contribution in [0.4, 0.5) is 5.69 Å². The van der Waals surface area contributed by atoms with E-state index in [2.05, 4.69) is 22.3 Å². The van der Waals surface area contributed by atoms with Gasteiger partial charge in [0, 0.05) is 24.3 Å². The maximum atomic E-state index is 5.96. The summed E-state index contributed by atoms with van der Waals surface area (Å²) in [5, 5.41) is 3.46. The number of alkyl halides is 1. The molecule has 0 spiro atoms. The Morgan fingerprint density at radius 1 is 1.32 bits per heavy atom. The van der Waals surface area contributed by atoms with Gasteiger partial charge in [-0.15, -0.1) is 11.6 Å². The van der Waals surface area contributed by atoms with Crippen LogP contribution in [0.15, 0.2) is 18.2 Å². The van der Waals surface area contributed by atoms with E-state index in [1.165, 1.54) is 25.9 Å². The number of nitrogens with one attached hydrogen (secondary N) is 1. The van der Waals surface area contributed by atoms with Crippen molar-refractivity contribution < 1.29 is 4.74 Å². The Bertz CT molecular complexity index is 392. The standard InChI is InChI=1S/C15H23ClN2O/c1-2-19-15-6-5-14(11-13(15)12-16)17-7-10-18-8-3-4-9-18/h5-6,11,17H,2-4,7-10,12H2,1H3. The highest BCUT2D eigenvalue weighted by Crippen LogP contribution is 2.24. The molecule has 0 atom stereocenters. The molecular formula is C15H23ClN2O. The van der Waals surface area contributed by atoms with Crippen LogP contribution in [0.2, 0.25) is 0 Å². The molecule has 2 rings (SSSR count). The Hall–Kier alpha value is -0.930. The Morgan fingerprint density at radius 3 is 2.79 bits per heavy atom. The van der Waals surface area contributed by atoms with E-state index in [9.17, 15) is 0 Å². The van der Waals surface area contributed by atoms with E-state index >= 15 is 0 Å². The molecule has 3 nitrogen and oxygen atoms in total. The van der Waals surface area contributed by atoms with Gasteiger partial charge in [0.1, 0.15) is 5.75 Å². The monoisotopic (exact) mass is 282 g/mol. The Labute approximate surface area is 120 Å². The minimum absolute atomic E-state index is 0.483. The van der Waals surface area contributed by atoms with Crippen molar-refractivity contribution in [2.24, 2.45) is 0 Å². The number of anilines is 1. The molecule has 1 aromatic rings. The highest BCUT2D eigenvalue weighted by molar-refractivity contribution is 6.17. The first-order chi connectivity index (χ1) is 9.33. The van der Waals surface area contributed by atoms with Crippen LogP contribution in [-0.2, 0) is 5.88 Å². The fraction of sp³-hybridized carbons (Fsp3) is 0.600. The number of ether oxygens (including phenoxy) is 1. The lowest BCUT2D eigenvalue weighted by molar-refractivity contribution is 0.337. The van der Waals surface area contributed by atoms with Crippen molar-refractivity contribution in [3.8, 4) is 5.75 Å². The summed E-state index contributed by atoms with van der Waals surface area (Å²) in [5.41, 5.74) is 2.17. The van der Waals surface area contributed by atoms with Crippen LogP contribution in [0.3, 0.4) is 0 Å². The summed E-state index contributed by atoms with van der Waals surface area (Å²) < 4.78 is 5.55. The summed E-state index contributed by atoms with van der Waals surface area (Å²) in [6, 6.07) is 6.15. The van der Waals surface area contributed by atoms with Gasteiger partial charge >= 0.3 is 0 Å². The molecule has 0 bridgehead atoms. The summed E-state index contributed by atoms with van der Waals surface area (Å²) in [7, 11) is 0. The van der Waals surface area contributed by atoms with Gasteiger partial charge in [-0.05, 0) is 51.1 Å². The van der Waals surface area contributed by atoms with Gasteiger partial charge in [-0.2, -0.15) is 0 Å². The van der Waals surface area contributed by atoms with Crippen LogP contribution in [0, 0.1) is 0 Å². The third kappa shape index (κ3) is 4.29. The first kappa shape index (κ1) is 14.5. The van der Waals surface area contributed by atoms with E-state index < -0.39 is 0 Å². The number of hydrogen-bond acceptors (Lipinski definition) is 3. The fourth-order valence-electron chi connectivity index (χ4n) is 2.45. The molecule has 1 N–H and O–H groups in total. The van der Waals surface area contributed by atoms with Gasteiger partial charge in [-0.1, -0.05) is 0 Å². The number of likely N-dealkylation sites (tertiary alicyclic amines) is 1. The smallest absolute Gasteiger partial charge is 0.123 e. The van der Waals surface area contributed by atoms with Crippen LogP contribution < -0.4 is 10.1 Å². The molecule has 0 aromatic heterocycles. The van der Waals surface area contributed by atoms with Crippen molar-refractivity contribution in [1.29, 1.82) is 0 Å². The van der Waals surface area contributed by atoms with Gasteiger partial charge in [0.15, 0.2) is 0 Å². The van der Waals surface area contributed by atoms with Crippen molar-refractivity contribution in [3.05, 3.63) is 23.8 Å². The van der Waals surface area contributed by atoms with Crippen LogP contribution in [0.1, 0.15) is 25.3 Å². The minimum atomic E-state index is 0.483. The molecule has 1 aliphatic heterocycles. The number of benzene rings is 1. The summed E-state index contributed by atoms with van der Waals surface area (Å²) in [6.07, 6.45) is 2.69. The highest BCUT2D eigenvalue weighted by atomic mass is 35.5. The number of hydrogen-bond donors (Lipinski definition) is 1. The number of nitrogens with zero attached hydrogens (tertiary/aromatic N) is 1. The average Bonchev–Trinajstić information content (AvgIpc) is 2.94. The lowest BCUT2D eigenvalue weighted by atomic mass is 10.2. The fourth-order valence-corrected chi connectivity index (χ4v) is 2.66. The summed E-state index contributed by atoms with van der Waals surface area (Å²) in [6.45, 7) is 7.25. The number of halogens is 1. The van der Waals surface area contributed by atoms with Crippen molar-refractivity contribution in [2.45, 2.75) is 25.6 Å². The predicted molar refractivity (Wildman–Crippen MR) is 81.3 cm³/mol. The van der Waals surface area contributed by atoms with E-state index in [0.717, 1.165) is 30.1 Å². The Kier molecular flexibility index (Phi) is 5.80. The quantitative estimate of drug-likeness (QED) is 0.777. The predicted octanol–water partition coefficient (Wildman–Crippen LogP) is 3.33. The third-order valence-corrected chi connectivity index (χ3v) is 3.75. The lowest BCUT2D eigenvalue weighted by Crippen LogP contribution is -2.25. The Balaban J connectivity index is 1.85. The van der Waals surface area contributed by atoms with Crippen molar-refractivity contribution in [1.82, 2.24) is 4.90 Å². The first-order valence-electron chi connectivity index (χ1n) is 7.11. The second-order valence-corrected chi connectivity index (χ2v) is 5.13. The van der Waals surface area contributed by atoms with Gasteiger partial charge in [0.05, 0.1) is 12.5 Å². The molecule has 1 saturated heterocycles. The SMILES string of the molecule is CCOc1ccc(NCCN2CCCC2)cc1CCl. The van der Waals surface area contributed by atoms with Gasteiger partial charge in [-0.25, -0.2) is 0 Å². The Morgan fingerprint density at radius 2 is 2.11 bits per heavy atom. The topological polar surface area (TPSA) is 24.5 Å². The van der Waals surface area contributed by atoms with E-state index in [-0.39, 0.29) is 0 Å². The molecule has 106 valence electrons. The van der Waals surface area contributed by atoms with Crippen LogP contribution in [0.5, 0.6) is 5.75 Å². The van der Waals surface area contributed by atoms with Gasteiger partial charge in [0.25, 0.3) is 0 Å². The lowest BCUT2D eigenvalue weighted by Gasteiger charge is -2.16. The molecule has 0 amide bonds. The van der Waals surface area contributed by atoms with E-state index in [0.29, 0.717) is 12.5 Å². The van der Waals surface area contributed by atoms with Crippen molar-refractivity contribution in [3.63, 3.8) is 0 Å². The van der Waals surface area contributed by atoms with Gasteiger partial charge < -0.3 is 15.0 Å². The molecule has 1 aliphatic rings. The molecule has 0 aliphatic carbocycles. The van der Waals surface area contributed by atoms with Gasteiger partial charge in [0.2, 0.25) is 0 Å². The largest absolute Gasteiger partial charge is 0.494 e. The molecule has 1 heterocycles. The van der Waals surface area contributed by atoms with E-state index in [4.69, 9.17) is 16.3 Å². The molecule has 0 saturated carbocycles. The van der Waals surface area contributed by atoms with Crippen LogP contribution in [0.25, 0.3) is 0 Å². The van der Waals surface area contributed by atoms with Crippen molar-refractivity contribution in [2.75, 3.05) is 38.1 Å². The number of rotatable bonds is 7. The summed E-state index contributed by atoms with van der Waals surface area (Å²) in [4.78, 5) is 2.50. The molecule has 4 heteroatoms. The summed E-state index contributed by atoms with van der Waals surface area (Å²) >= 11 is 5.96. The average molecular weight is 283 g/mol. The normalized spacial score (nSPS) is 15.7. The van der Waals surface area contributed by atoms with Gasteiger partial charge in [-0.3, -0.25) is 0 Å². The second-order valence-electron chi connectivity index (χ2n) is 4.86. The minimum Gasteiger partial charge on any atom is -0.494 e. The van der Waals surface area contributed by atoms with Crippen molar-refractivity contribution >= 4 is 17.3 Å². The second kappa shape index (κ2) is 7.61. The first-order valence-corrected chi connectivity index (χ1v) is 7.65. The molecule has 1 aromatic carbocycles. The molecule has 1 fully saturated rings. The zero-order valence-electron chi connectivity index (χ0n) is 11.6. The van der Waals surface area contributed by atoms with E-state index in [1.54, 1.807) is 0 Å². The molecular weight excluding hydrogens is 260 g/mol. The molecule has 19 heavy (non-hydrogen) atoms. The zero-order chi connectivity index (χ0) is 13.5. The van der Waals surface area contributed by atoms with Crippen LogP contribution in [-0.4, -0.2) is 37.7 Å². The van der Waals surface area contributed by atoms with Crippen LogP contribution >= 0.6 is 11.6 Å². The molecule has 0 radical (unpaired) electrons. The highest BCUT2D eigenvalue weighted by Gasteiger charge is 2.10. The van der Waals surface area contributed by atoms with E-state index in [1.807, 2.05) is 13.0 Å². The summed E-state index contributed by atoms with van der Waals surface area (Å²) in [5.74, 6) is 1.37. The third-order valence-electron chi connectivity index (χ3n) is 3.46. The maximum absolute atomic E-state index is 5.96. The zero-order valence-corrected chi connectivity index (χ0v) is 12.4. The molecule has 0 unspecified atom stereocenters. The maximum Gasteiger partial charge on any atom is 0.123 e.